The highest BCUT2D eigenvalue weighted by atomic mass is 19.1. The molecule has 0 radical (unpaired) electrons. The van der Waals surface area contributed by atoms with Crippen molar-refractivity contribution in [3.63, 3.8) is 0 Å². The van der Waals surface area contributed by atoms with Crippen LogP contribution in [0.1, 0.15) is 25.3 Å². The number of halogens is 1. The first-order chi connectivity index (χ1) is 8.02. The Morgan fingerprint density at radius 1 is 1.65 bits per heavy atom. The molecular weight excluding hydrogens is 223 g/mol. The minimum absolute atomic E-state index is 0.339. The van der Waals surface area contributed by atoms with Crippen molar-refractivity contribution < 1.29 is 14.3 Å². The zero-order valence-corrected chi connectivity index (χ0v) is 9.61. The number of pyridine rings is 1. The first kappa shape index (κ1) is 12.0. The Balaban J connectivity index is 2.22. The molecule has 0 saturated heterocycles. The first-order valence-electron chi connectivity index (χ1n) is 5.62. The summed E-state index contributed by atoms with van der Waals surface area (Å²) >= 11 is 0. The fourth-order valence-electron chi connectivity index (χ4n) is 1.66. The maximum Gasteiger partial charge on any atom is 0.328 e. The molecule has 0 bridgehead atoms. The van der Waals surface area contributed by atoms with E-state index in [4.69, 9.17) is 0 Å². The second-order valence-electron chi connectivity index (χ2n) is 4.65. The van der Waals surface area contributed by atoms with E-state index in [-0.39, 0.29) is 0 Å². The number of nitrogens with one attached hydrogen (secondary N) is 1. The second kappa shape index (κ2) is 4.41. The van der Waals surface area contributed by atoms with Crippen molar-refractivity contribution in [3.8, 4) is 0 Å². The molecule has 1 aliphatic carbocycles. The van der Waals surface area contributed by atoms with Gasteiger partial charge in [-0.15, -0.1) is 0 Å². The number of aromatic nitrogens is 1. The standard InChI is InChI=1S/C12H15FN2O2/c1-12(11(16)17,15-5-8-2-3-8)9-4-10(13)7-14-6-9/h4,6-8,15H,2-3,5H2,1H3,(H,16,17). The highest BCUT2D eigenvalue weighted by molar-refractivity contribution is 5.80. The van der Waals surface area contributed by atoms with E-state index in [2.05, 4.69) is 10.3 Å². The van der Waals surface area contributed by atoms with E-state index in [1.165, 1.54) is 19.2 Å². The Labute approximate surface area is 98.9 Å². The zero-order valence-electron chi connectivity index (χ0n) is 9.61. The van der Waals surface area contributed by atoms with Gasteiger partial charge in [-0.2, -0.15) is 0 Å². The number of carboxylic acid groups (broad SMARTS) is 1. The van der Waals surface area contributed by atoms with Crippen LogP contribution in [0.3, 0.4) is 0 Å². The average Bonchev–Trinajstić information content (AvgIpc) is 3.09. The molecule has 1 atom stereocenters. The van der Waals surface area contributed by atoms with Crippen LogP contribution in [0.5, 0.6) is 0 Å². The summed E-state index contributed by atoms with van der Waals surface area (Å²) in [6.45, 7) is 2.17. The lowest BCUT2D eigenvalue weighted by Gasteiger charge is -2.26. The lowest BCUT2D eigenvalue weighted by molar-refractivity contribution is -0.144. The number of carbonyl (C=O) groups is 1. The van der Waals surface area contributed by atoms with Crippen LogP contribution in [0, 0.1) is 11.7 Å². The summed E-state index contributed by atoms with van der Waals surface area (Å²) in [5, 5.41) is 12.3. The van der Waals surface area contributed by atoms with Gasteiger partial charge in [0.1, 0.15) is 11.4 Å². The third-order valence-electron chi connectivity index (χ3n) is 3.15. The zero-order chi connectivity index (χ0) is 12.5. The minimum atomic E-state index is -1.28. The van der Waals surface area contributed by atoms with Gasteiger partial charge >= 0.3 is 5.97 Å². The van der Waals surface area contributed by atoms with Crippen LogP contribution in [-0.4, -0.2) is 22.6 Å². The summed E-state index contributed by atoms with van der Waals surface area (Å²) < 4.78 is 13.1. The topological polar surface area (TPSA) is 62.2 Å². The fourth-order valence-corrected chi connectivity index (χ4v) is 1.66. The van der Waals surface area contributed by atoms with Crippen LogP contribution in [0.15, 0.2) is 18.5 Å². The predicted octanol–water partition coefficient (Wildman–Crippen LogP) is 1.52. The van der Waals surface area contributed by atoms with Crippen LogP contribution in [0.4, 0.5) is 4.39 Å². The number of hydrogen-bond acceptors (Lipinski definition) is 3. The van der Waals surface area contributed by atoms with Crippen LogP contribution in [-0.2, 0) is 10.3 Å². The van der Waals surface area contributed by atoms with Crippen molar-refractivity contribution in [3.05, 3.63) is 29.8 Å². The van der Waals surface area contributed by atoms with Gasteiger partial charge in [-0.3, -0.25) is 10.3 Å². The number of aliphatic carboxylic acids is 1. The van der Waals surface area contributed by atoms with Gasteiger partial charge in [0.05, 0.1) is 6.20 Å². The van der Waals surface area contributed by atoms with E-state index in [0.29, 0.717) is 18.0 Å². The monoisotopic (exact) mass is 238 g/mol. The van der Waals surface area contributed by atoms with Gasteiger partial charge in [-0.05, 0) is 38.3 Å². The highest BCUT2D eigenvalue weighted by Gasteiger charge is 2.37. The van der Waals surface area contributed by atoms with Crippen LogP contribution in [0.2, 0.25) is 0 Å². The normalized spacial score (nSPS) is 18.7. The molecule has 1 aliphatic rings. The third-order valence-corrected chi connectivity index (χ3v) is 3.15. The maximum absolute atomic E-state index is 13.1. The Kier molecular flexibility index (Phi) is 3.11. The van der Waals surface area contributed by atoms with Gasteiger partial charge in [0.25, 0.3) is 0 Å². The summed E-state index contributed by atoms with van der Waals surface area (Å²) in [7, 11) is 0. The molecule has 0 aromatic carbocycles. The first-order valence-corrected chi connectivity index (χ1v) is 5.62. The molecule has 1 aromatic heterocycles. The Morgan fingerprint density at radius 3 is 2.88 bits per heavy atom. The molecule has 17 heavy (non-hydrogen) atoms. The van der Waals surface area contributed by atoms with Crippen molar-refractivity contribution in [2.24, 2.45) is 5.92 Å². The second-order valence-corrected chi connectivity index (χ2v) is 4.65. The largest absolute Gasteiger partial charge is 0.480 e. The Bertz CT molecular complexity index is 434. The SMILES string of the molecule is CC(NCC1CC1)(C(=O)O)c1cncc(F)c1. The van der Waals surface area contributed by atoms with Crippen LogP contribution >= 0.6 is 0 Å². The quantitative estimate of drug-likeness (QED) is 0.816. The molecule has 1 saturated carbocycles. The van der Waals surface area contributed by atoms with Crippen molar-refractivity contribution in [1.29, 1.82) is 0 Å². The van der Waals surface area contributed by atoms with Gasteiger partial charge in [-0.25, -0.2) is 9.18 Å². The molecule has 0 aliphatic heterocycles. The lowest BCUT2D eigenvalue weighted by atomic mass is 9.93. The lowest BCUT2D eigenvalue weighted by Crippen LogP contribution is -2.47. The van der Waals surface area contributed by atoms with Crippen LogP contribution < -0.4 is 5.32 Å². The summed E-state index contributed by atoms with van der Waals surface area (Å²) in [6, 6.07) is 1.21. The predicted molar refractivity (Wildman–Crippen MR) is 59.9 cm³/mol. The molecule has 0 amide bonds. The number of hydrogen-bond donors (Lipinski definition) is 2. The molecule has 1 fully saturated rings. The van der Waals surface area contributed by atoms with Crippen LogP contribution in [0.25, 0.3) is 0 Å². The highest BCUT2D eigenvalue weighted by Crippen LogP contribution is 2.30. The van der Waals surface area contributed by atoms with Gasteiger partial charge < -0.3 is 5.11 Å². The molecule has 1 heterocycles. The number of nitrogens with zero attached hydrogens (tertiary/aromatic N) is 1. The summed E-state index contributed by atoms with van der Waals surface area (Å²) in [6.07, 6.45) is 4.71. The van der Waals surface area contributed by atoms with Crippen molar-refractivity contribution in [2.75, 3.05) is 6.54 Å². The molecule has 1 unspecified atom stereocenters. The summed E-state index contributed by atoms with van der Waals surface area (Å²) in [4.78, 5) is 15.1. The molecule has 5 heteroatoms. The Hall–Kier alpha value is -1.49. The van der Waals surface area contributed by atoms with E-state index < -0.39 is 17.3 Å². The summed E-state index contributed by atoms with van der Waals surface area (Å²) in [5.74, 6) is -0.996. The van der Waals surface area contributed by atoms with E-state index in [1.54, 1.807) is 0 Å². The molecule has 2 N–H and O–H groups in total. The maximum atomic E-state index is 13.1. The minimum Gasteiger partial charge on any atom is -0.480 e. The molecule has 0 spiro atoms. The Morgan fingerprint density at radius 2 is 2.35 bits per heavy atom. The van der Waals surface area contributed by atoms with E-state index >= 15 is 0 Å². The molecule has 1 aromatic rings. The molecular formula is C12H15FN2O2. The van der Waals surface area contributed by atoms with E-state index in [0.717, 1.165) is 19.0 Å². The fraction of sp³-hybridized carbons (Fsp3) is 0.500. The average molecular weight is 238 g/mol. The van der Waals surface area contributed by atoms with Gasteiger partial charge in [0.15, 0.2) is 0 Å². The van der Waals surface area contributed by atoms with Gasteiger partial charge in [-0.1, -0.05) is 0 Å². The molecule has 4 nitrogen and oxygen atoms in total. The van der Waals surface area contributed by atoms with Gasteiger partial charge in [0, 0.05) is 11.8 Å². The number of carboxylic acids is 1. The third kappa shape index (κ3) is 2.61. The van der Waals surface area contributed by atoms with Crippen molar-refractivity contribution in [1.82, 2.24) is 10.3 Å². The molecule has 2 rings (SSSR count). The smallest absolute Gasteiger partial charge is 0.328 e. The number of rotatable bonds is 5. The summed E-state index contributed by atoms with van der Waals surface area (Å²) in [5.41, 5.74) is -0.942. The van der Waals surface area contributed by atoms with E-state index in [1.807, 2.05) is 0 Å². The van der Waals surface area contributed by atoms with Crippen molar-refractivity contribution >= 4 is 5.97 Å². The van der Waals surface area contributed by atoms with Crippen molar-refractivity contribution in [2.45, 2.75) is 25.3 Å². The molecule has 92 valence electrons. The van der Waals surface area contributed by atoms with E-state index in [9.17, 15) is 14.3 Å². The van der Waals surface area contributed by atoms with Gasteiger partial charge in [0.2, 0.25) is 0 Å².